The lowest BCUT2D eigenvalue weighted by atomic mass is 10.2. The zero-order valence-electron chi connectivity index (χ0n) is 11.6. The molecule has 0 radical (unpaired) electrons. The molecule has 0 unspecified atom stereocenters. The molecule has 0 amide bonds. The first kappa shape index (κ1) is 16.4. The summed E-state index contributed by atoms with van der Waals surface area (Å²) in [5.41, 5.74) is 0.0984. The van der Waals surface area contributed by atoms with Gasteiger partial charge in [0.25, 0.3) is 0 Å². The van der Waals surface area contributed by atoms with Gasteiger partial charge in [0.1, 0.15) is 5.82 Å². The SMILES string of the molecule is Cc1ccc(C(=O)COC(=O)/C=C/c2c(F)cccc2Cl)s1. The van der Waals surface area contributed by atoms with E-state index in [-0.39, 0.29) is 23.0 Å². The molecule has 1 heterocycles. The first-order valence-electron chi connectivity index (χ1n) is 6.36. The summed E-state index contributed by atoms with van der Waals surface area (Å²) in [5.74, 6) is -1.55. The van der Waals surface area contributed by atoms with Gasteiger partial charge in [0.15, 0.2) is 6.61 Å². The van der Waals surface area contributed by atoms with Crippen LogP contribution in [0.2, 0.25) is 5.02 Å². The molecule has 0 N–H and O–H groups in total. The van der Waals surface area contributed by atoms with E-state index in [0.29, 0.717) is 4.88 Å². The Balaban J connectivity index is 1.93. The molecule has 22 heavy (non-hydrogen) atoms. The van der Waals surface area contributed by atoms with E-state index in [0.717, 1.165) is 11.0 Å². The smallest absolute Gasteiger partial charge is 0.331 e. The van der Waals surface area contributed by atoms with E-state index in [1.807, 2.05) is 13.0 Å². The fourth-order valence-electron chi connectivity index (χ4n) is 1.66. The molecule has 0 atom stereocenters. The molecular weight excluding hydrogens is 327 g/mol. The summed E-state index contributed by atoms with van der Waals surface area (Å²) in [6, 6.07) is 7.72. The third-order valence-electron chi connectivity index (χ3n) is 2.75. The van der Waals surface area contributed by atoms with Crippen molar-refractivity contribution >= 4 is 40.8 Å². The van der Waals surface area contributed by atoms with Crippen LogP contribution in [-0.2, 0) is 9.53 Å². The monoisotopic (exact) mass is 338 g/mol. The number of esters is 1. The van der Waals surface area contributed by atoms with E-state index in [1.54, 1.807) is 6.07 Å². The van der Waals surface area contributed by atoms with Crippen LogP contribution in [0.4, 0.5) is 4.39 Å². The summed E-state index contributed by atoms with van der Waals surface area (Å²) in [6.07, 6.45) is 2.26. The van der Waals surface area contributed by atoms with Crippen molar-refractivity contribution < 1.29 is 18.7 Å². The average molecular weight is 339 g/mol. The van der Waals surface area contributed by atoms with Crippen LogP contribution in [-0.4, -0.2) is 18.4 Å². The first-order valence-corrected chi connectivity index (χ1v) is 7.55. The van der Waals surface area contributed by atoms with E-state index in [4.69, 9.17) is 16.3 Å². The number of rotatable bonds is 5. The number of thiophene rings is 1. The molecule has 0 saturated heterocycles. The van der Waals surface area contributed by atoms with Crippen molar-refractivity contribution in [3.8, 4) is 0 Å². The molecule has 0 fully saturated rings. The van der Waals surface area contributed by atoms with Gasteiger partial charge in [-0.3, -0.25) is 4.79 Å². The number of ketones is 1. The molecule has 3 nitrogen and oxygen atoms in total. The quantitative estimate of drug-likeness (QED) is 0.464. The van der Waals surface area contributed by atoms with Gasteiger partial charge in [0.2, 0.25) is 5.78 Å². The third-order valence-corrected chi connectivity index (χ3v) is 4.12. The standard InChI is InChI=1S/C16H12ClFO3S/c1-10-5-7-15(22-10)14(19)9-21-16(20)8-6-11-12(17)3-2-4-13(11)18/h2-8H,9H2,1H3/b8-6+. The molecule has 114 valence electrons. The molecule has 0 aliphatic carbocycles. The predicted molar refractivity (Wildman–Crippen MR) is 84.8 cm³/mol. The zero-order valence-corrected chi connectivity index (χ0v) is 13.2. The number of halogens is 2. The highest BCUT2D eigenvalue weighted by molar-refractivity contribution is 7.14. The largest absolute Gasteiger partial charge is 0.454 e. The summed E-state index contributed by atoms with van der Waals surface area (Å²) in [7, 11) is 0. The van der Waals surface area contributed by atoms with Crippen LogP contribution in [0.15, 0.2) is 36.4 Å². The van der Waals surface area contributed by atoms with Crippen molar-refractivity contribution in [2.24, 2.45) is 0 Å². The first-order chi connectivity index (χ1) is 10.5. The van der Waals surface area contributed by atoms with Gasteiger partial charge in [-0.05, 0) is 37.3 Å². The highest BCUT2D eigenvalue weighted by Gasteiger charge is 2.10. The predicted octanol–water partition coefficient (Wildman–Crippen LogP) is 4.29. The molecule has 0 aliphatic rings. The Kier molecular flexibility index (Phi) is 5.46. The normalized spacial score (nSPS) is 10.9. The number of aryl methyl sites for hydroxylation is 1. The summed E-state index contributed by atoms with van der Waals surface area (Å²) >= 11 is 7.16. The van der Waals surface area contributed by atoms with Crippen LogP contribution in [0.25, 0.3) is 6.08 Å². The fraction of sp³-hybridized carbons (Fsp3) is 0.125. The highest BCUT2D eigenvalue weighted by atomic mass is 35.5. The highest BCUT2D eigenvalue weighted by Crippen LogP contribution is 2.20. The van der Waals surface area contributed by atoms with Gasteiger partial charge in [-0.1, -0.05) is 17.7 Å². The van der Waals surface area contributed by atoms with Gasteiger partial charge >= 0.3 is 5.97 Å². The minimum absolute atomic E-state index is 0.0984. The van der Waals surface area contributed by atoms with E-state index in [1.165, 1.54) is 35.6 Å². The van der Waals surface area contributed by atoms with Gasteiger partial charge in [0, 0.05) is 16.5 Å². The van der Waals surface area contributed by atoms with Crippen molar-refractivity contribution in [3.63, 3.8) is 0 Å². The van der Waals surface area contributed by atoms with Crippen LogP contribution >= 0.6 is 22.9 Å². The summed E-state index contributed by atoms with van der Waals surface area (Å²) in [4.78, 5) is 24.9. The van der Waals surface area contributed by atoms with Gasteiger partial charge < -0.3 is 4.74 Å². The molecule has 0 saturated carbocycles. The molecule has 1 aromatic carbocycles. The lowest BCUT2D eigenvalue weighted by Crippen LogP contribution is -2.11. The molecule has 2 rings (SSSR count). The Labute approximate surface area is 136 Å². The molecule has 0 spiro atoms. The second-order valence-electron chi connectivity index (χ2n) is 4.41. The molecular formula is C16H12ClFO3S. The Morgan fingerprint density at radius 1 is 1.32 bits per heavy atom. The number of benzene rings is 1. The Morgan fingerprint density at radius 3 is 2.73 bits per heavy atom. The van der Waals surface area contributed by atoms with Crippen molar-refractivity contribution in [1.29, 1.82) is 0 Å². The summed E-state index contributed by atoms with van der Waals surface area (Å²) in [5, 5.41) is 0.189. The maximum Gasteiger partial charge on any atom is 0.331 e. The maximum absolute atomic E-state index is 13.5. The zero-order chi connectivity index (χ0) is 16.1. The van der Waals surface area contributed by atoms with E-state index in [9.17, 15) is 14.0 Å². The lowest BCUT2D eigenvalue weighted by Gasteiger charge is -2.01. The lowest BCUT2D eigenvalue weighted by molar-refractivity contribution is -0.136. The number of ether oxygens (including phenoxy) is 1. The fourth-order valence-corrected chi connectivity index (χ4v) is 2.68. The minimum Gasteiger partial charge on any atom is -0.454 e. The second-order valence-corrected chi connectivity index (χ2v) is 6.10. The van der Waals surface area contributed by atoms with Crippen LogP contribution in [0.1, 0.15) is 20.1 Å². The Bertz CT molecular complexity index is 716. The average Bonchev–Trinajstić information content (AvgIpc) is 2.91. The summed E-state index contributed by atoms with van der Waals surface area (Å²) < 4.78 is 18.3. The molecule has 2 aromatic rings. The molecule has 6 heteroatoms. The van der Waals surface area contributed by atoms with Gasteiger partial charge in [-0.25, -0.2) is 9.18 Å². The Morgan fingerprint density at radius 2 is 2.09 bits per heavy atom. The van der Waals surface area contributed by atoms with Crippen LogP contribution < -0.4 is 0 Å². The third kappa shape index (κ3) is 4.26. The maximum atomic E-state index is 13.5. The molecule has 1 aromatic heterocycles. The number of Topliss-reactive ketones (excluding diaryl/α,β-unsaturated/α-hetero) is 1. The number of carbonyl (C=O) groups is 2. The Hall–Kier alpha value is -1.98. The number of hydrogen-bond donors (Lipinski definition) is 0. The van der Waals surface area contributed by atoms with Crippen LogP contribution in [0.5, 0.6) is 0 Å². The van der Waals surface area contributed by atoms with Crippen molar-refractivity contribution in [1.82, 2.24) is 0 Å². The van der Waals surface area contributed by atoms with Crippen LogP contribution in [0.3, 0.4) is 0 Å². The minimum atomic E-state index is -0.735. The van der Waals surface area contributed by atoms with Crippen LogP contribution in [0, 0.1) is 12.7 Å². The van der Waals surface area contributed by atoms with Gasteiger partial charge in [-0.15, -0.1) is 11.3 Å². The van der Waals surface area contributed by atoms with Crippen molar-refractivity contribution in [2.75, 3.05) is 6.61 Å². The van der Waals surface area contributed by atoms with Crippen molar-refractivity contribution in [2.45, 2.75) is 6.92 Å². The second kappa shape index (κ2) is 7.33. The van der Waals surface area contributed by atoms with Gasteiger partial charge in [0.05, 0.1) is 9.90 Å². The van der Waals surface area contributed by atoms with Gasteiger partial charge in [-0.2, -0.15) is 0 Å². The number of hydrogen-bond acceptors (Lipinski definition) is 4. The molecule has 0 aliphatic heterocycles. The summed E-state index contributed by atoms with van der Waals surface area (Å²) in [6.45, 7) is 1.53. The van der Waals surface area contributed by atoms with Crippen molar-refractivity contribution in [3.05, 3.63) is 62.6 Å². The number of carbonyl (C=O) groups excluding carboxylic acids is 2. The van der Waals surface area contributed by atoms with E-state index in [2.05, 4.69) is 0 Å². The van der Waals surface area contributed by atoms with E-state index < -0.39 is 11.8 Å². The topological polar surface area (TPSA) is 43.4 Å². The van der Waals surface area contributed by atoms with E-state index >= 15 is 0 Å². The molecule has 0 bridgehead atoms.